The number of nitrogens with two attached hydrogens (primary N) is 1. The molecule has 3 nitrogen and oxygen atoms in total. The first-order valence-corrected chi connectivity index (χ1v) is 7.41. The van der Waals surface area contributed by atoms with Crippen LogP contribution in [0.2, 0.25) is 15.1 Å². The summed E-state index contributed by atoms with van der Waals surface area (Å²) in [4.78, 5) is 13.7. The minimum Gasteiger partial charge on any atom is -0.318 e. The number of hydrogen-bond acceptors (Lipinski definition) is 2. The third-order valence-corrected chi connectivity index (χ3v) is 4.52. The number of amides is 1. The molecule has 0 aromatic heterocycles. The third kappa shape index (κ3) is 2.51. The quantitative estimate of drug-likeness (QED) is 0.837. The van der Waals surface area contributed by atoms with Crippen LogP contribution >= 0.6 is 34.8 Å². The summed E-state index contributed by atoms with van der Waals surface area (Å²) in [5.41, 5.74) is 7.55. The fourth-order valence-corrected chi connectivity index (χ4v) is 2.87. The standard InChI is InChI=1S/C15H11Cl3N2O/c16-9-3-1-8(2-4-9)14-13(19)15(21)20(14)10-5-6-11(17)12(18)7-10/h1-7,13-14H,19H2/t13-,14+/m0/s1. The van der Waals surface area contributed by atoms with E-state index in [0.29, 0.717) is 20.8 Å². The number of benzene rings is 2. The minimum atomic E-state index is -0.569. The lowest BCUT2D eigenvalue weighted by molar-refractivity contribution is -0.126. The van der Waals surface area contributed by atoms with Crippen LogP contribution < -0.4 is 10.6 Å². The van der Waals surface area contributed by atoms with Gasteiger partial charge in [0.25, 0.3) is 0 Å². The smallest absolute Gasteiger partial charge is 0.247 e. The van der Waals surface area contributed by atoms with Crippen molar-refractivity contribution in [2.75, 3.05) is 4.90 Å². The van der Waals surface area contributed by atoms with Crippen molar-refractivity contribution < 1.29 is 4.79 Å². The van der Waals surface area contributed by atoms with Crippen LogP contribution in [0.5, 0.6) is 0 Å². The molecule has 2 aromatic carbocycles. The lowest BCUT2D eigenvalue weighted by atomic mass is 9.88. The summed E-state index contributed by atoms with van der Waals surface area (Å²) in [7, 11) is 0. The first-order valence-electron chi connectivity index (χ1n) is 6.28. The maximum Gasteiger partial charge on any atom is 0.247 e. The monoisotopic (exact) mass is 340 g/mol. The molecule has 2 aromatic rings. The third-order valence-electron chi connectivity index (χ3n) is 3.53. The molecule has 1 fully saturated rings. The second kappa shape index (κ2) is 5.50. The first-order chi connectivity index (χ1) is 9.99. The van der Waals surface area contributed by atoms with E-state index in [1.807, 2.05) is 12.1 Å². The van der Waals surface area contributed by atoms with Gasteiger partial charge in [0.2, 0.25) is 5.91 Å². The largest absolute Gasteiger partial charge is 0.318 e. The van der Waals surface area contributed by atoms with Gasteiger partial charge in [0.1, 0.15) is 6.04 Å². The van der Waals surface area contributed by atoms with Crippen LogP contribution in [0, 0.1) is 0 Å². The van der Waals surface area contributed by atoms with Crippen LogP contribution in [-0.4, -0.2) is 11.9 Å². The van der Waals surface area contributed by atoms with E-state index >= 15 is 0 Å². The summed E-state index contributed by atoms with van der Waals surface area (Å²) in [5.74, 6) is -0.145. The molecule has 3 rings (SSSR count). The number of rotatable bonds is 2. The number of nitrogens with zero attached hydrogens (tertiary/aromatic N) is 1. The van der Waals surface area contributed by atoms with Gasteiger partial charge in [-0.15, -0.1) is 0 Å². The van der Waals surface area contributed by atoms with E-state index in [2.05, 4.69) is 0 Å². The lowest BCUT2D eigenvalue weighted by Gasteiger charge is -2.45. The van der Waals surface area contributed by atoms with Crippen molar-refractivity contribution in [3.8, 4) is 0 Å². The number of halogens is 3. The predicted molar refractivity (Wildman–Crippen MR) is 86.1 cm³/mol. The van der Waals surface area contributed by atoms with E-state index in [4.69, 9.17) is 40.5 Å². The summed E-state index contributed by atoms with van der Waals surface area (Å²) in [6.07, 6.45) is 0. The molecule has 6 heteroatoms. The maximum absolute atomic E-state index is 12.1. The number of hydrogen-bond donors (Lipinski definition) is 1. The van der Waals surface area contributed by atoms with Crippen molar-refractivity contribution in [2.45, 2.75) is 12.1 Å². The molecule has 0 spiro atoms. The summed E-state index contributed by atoms with van der Waals surface area (Å²) in [6.45, 7) is 0. The molecule has 1 amide bonds. The second-order valence-electron chi connectivity index (χ2n) is 4.83. The van der Waals surface area contributed by atoms with Gasteiger partial charge in [-0.2, -0.15) is 0 Å². The molecule has 21 heavy (non-hydrogen) atoms. The molecular weight excluding hydrogens is 331 g/mol. The topological polar surface area (TPSA) is 46.3 Å². The van der Waals surface area contributed by atoms with Gasteiger partial charge in [-0.1, -0.05) is 46.9 Å². The van der Waals surface area contributed by atoms with Crippen molar-refractivity contribution in [3.05, 3.63) is 63.1 Å². The first kappa shape index (κ1) is 14.7. The van der Waals surface area contributed by atoms with E-state index in [9.17, 15) is 4.79 Å². The molecule has 0 saturated carbocycles. The Kier molecular flexibility index (Phi) is 3.84. The minimum absolute atomic E-state index is 0.145. The van der Waals surface area contributed by atoms with Crippen LogP contribution in [0.3, 0.4) is 0 Å². The Balaban J connectivity index is 1.98. The highest BCUT2D eigenvalue weighted by Crippen LogP contribution is 2.40. The average Bonchev–Trinajstić information content (AvgIpc) is 2.48. The van der Waals surface area contributed by atoms with Gasteiger partial charge >= 0.3 is 0 Å². The molecule has 0 bridgehead atoms. The van der Waals surface area contributed by atoms with Crippen LogP contribution in [0.25, 0.3) is 0 Å². The summed E-state index contributed by atoms with van der Waals surface area (Å²) in [6, 6.07) is 11.6. The zero-order valence-electron chi connectivity index (χ0n) is 10.8. The number of β-lactam (4-membered cyclic amide) rings is 1. The fourth-order valence-electron chi connectivity index (χ4n) is 2.45. The van der Waals surface area contributed by atoms with Crippen LogP contribution in [-0.2, 0) is 4.79 Å². The van der Waals surface area contributed by atoms with E-state index in [0.717, 1.165) is 5.56 Å². The highest BCUT2D eigenvalue weighted by atomic mass is 35.5. The van der Waals surface area contributed by atoms with Gasteiger partial charge in [0, 0.05) is 10.7 Å². The van der Waals surface area contributed by atoms with Gasteiger partial charge in [-0.3, -0.25) is 4.79 Å². The van der Waals surface area contributed by atoms with Gasteiger partial charge in [-0.25, -0.2) is 0 Å². The Morgan fingerprint density at radius 3 is 2.24 bits per heavy atom. The highest BCUT2D eigenvalue weighted by Gasteiger charge is 2.46. The Morgan fingerprint density at radius 1 is 0.952 bits per heavy atom. The van der Waals surface area contributed by atoms with Crippen molar-refractivity contribution in [2.24, 2.45) is 5.73 Å². The van der Waals surface area contributed by atoms with Crippen LogP contribution in [0.4, 0.5) is 5.69 Å². The van der Waals surface area contributed by atoms with Crippen molar-refractivity contribution in [3.63, 3.8) is 0 Å². The molecule has 0 aliphatic carbocycles. The highest BCUT2D eigenvalue weighted by molar-refractivity contribution is 6.42. The molecule has 1 aliphatic heterocycles. The molecule has 2 atom stereocenters. The number of carbonyl (C=O) groups is 1. The Bertz CT molecular complexity index is 703. The van der Waals surface area contributed by atoms with Gasteiger partial charge < -0.3 is 10.6 Å². The normalized spacial score (nSPS) is 21.3. The summed E-state index contributed by atoms with van der Waals surface area (Å²) in [5, 5.41) is 1.48. The summed E-state index contributed by atoms with van der Waals surface area (Å²) < 4.78 is 0. The van der Waals surface area contributed by atoms with Gasteiger partial charge in [-0.05, 0) is 35.9 Å². The Hall–Kier alpha value is -1.26. The second-order valence-corrected chi connectivity index (χ2v) is 6.08. The maximum atomic E-state index is 12.1. The summed E-state index contributed by atoms with van der Waals surface area (Å²) >= 11 is 17.8. The van der Waals surface area contributed by atoms with Crippen LogP contribution in [0.1, 0.15) is 11.6 Å². The van der Waals surface area contributed by atoms with E-state index in [1.165, 1.54) is 0 Å². The lowest BCUT2D eigenvalue weighted by Crippen LogP contribution is -2.63. The Labute approximate surface area is 137 Å². The van der Waals surface area contributed by atoms with Crippen molar-refractivity contribution in [1.82, 2.24) is 0 Å². The van der Waals surface area contributed by atoms with Gasteiger partial charge in [0.05, 0.1) is 16.1 Å². The fraction of sp³-hybridized carbons (Fsp3) is 0.133. The molecule has 1 saturated heterocycles. The van der Waals surface area contributed by atoms with E-state index in [-0.39, 0.29) is 11.9 Å². The SMILES string of the molecule is N[C@@H]1C(=O)N(c2ccc(Cl)c(Cl)c2)[C@@H]1c1ccc(Cl)cc1. The molecular formula is C15H11Cl3N2O. The zero-order valence-corrected chi connectivity index (χ0v) is 13.0. The van der Waals surface area contributed by atoms with E-state index in [1.54, 1.807) is 35.2 Å². The van der Waals surface area contributed by atoms with Crippen LogP contribution in [0.15, 0.2) is 42.5 Å². The predicted octanol–water partition coefficient (Wildman–Crippen LogP) is 4.06. The molecule has 108 valence electrons. The van der Waals surface area contributed by atoms with Crippen molar-refractivity contribution >= 4 is 46.4 Å². The average molecular weight is 342 g/mol. The van der Waals surface area contributed by atoms with E-state index < -0.39 is 6.04 Å². The zero-order chi connectivity index (χ0) is 15.1. The number of anilines is 1. The molecule has 1 heterocycles. The molecule has 2 N–H and O–H groups in total. The Morgan fingerprint density at radius 2 is 1.62 bits per heavy atom. The van der Waals surface area contributed by atoms with Gasteiger partial charge in [0.15, 0.2) is 0 Å². The molecule has 0 unspecified atom stereocenters. The van der Waals surface area contributed by atoms with Crippen molar-refractivity contribution in [1.29, 1.82) is 0 Å². The number of carbonyl (C=O) groups excluding carboxylic acids is 1. The molecule has 0 radical (unpaired) electrons. The molecule has 1 aliphatic rings.